The van der Waals surface area contributed by atoms with E-state index in [0.29, 0.717) is 16.2 Å². The molecule has 2 heterocycles. The lowest BCUT2D eigenvalue weighted by Crippen LogP contribution is -2.09. The van der Waals surface area contributed by atoms with Crippen LogP contribution >= 0.6 is 11.3 Å². The zero-order chi connectivity index (χ0) is 18.1. The standard InChI is InChI=1S/C20H16FN3OS/c1-12-3-2-10-22-18(12)13-4-6-14(7-5-13)19(25)24-20-23-16-9-8-15(21)11-17(16)26-20/h2-11,19,25H,1H3,(H,23,24). The Morgan fingerprint density at radius 3 is 2.69 bits per heavy atom. The SMILES string of the molecule is Cc1cccnc1-c1ccc(C(O)Nc2nc3ccc(F)cc3s2)cc1. The van der Waals surface area contributed by atoms with Crippen molar-refractivity contribution in [2.75, 3.05) is 5.32 Å². The normalized spacial score (nSPS) is 12.3. The van der Waals surface area contributed by atoms with Crippen LogP contribution in [0.2, 0.25) is 0 Å². The topological polar surface area (TPSA) is 58.0 Å². The fraction of sp³-hybridized carbons (Fsp3) is 0.100. The Morgan fingerprint density at radius 1 is 1.12 bits per heavy atom. The number of halogens is 1. The van der Waals surface area contributed by atoms with Crippen LogP contribution in [0.15, 0.2) is 60.8 Å². The van der Waals surface area contributed by atoms with Gasteiger partial charge in [-0.2, -0.15) is 0 Å². The monoisotopic (exact) mass is 365 g/mol. The zero-order valence-corrected chi connectivity index (χ0v) is 14.8. The molecule has 4 aromatic rings. The van der Waals surface area contributed by atoms with E-state index < -0.39 is 6.23 Å². The molecule has 0 saturated heterocycles. The third kappa shape index (κ3) is 3.29. The van der Waals surface area contributed by atoms with Gasteiger partial charge < -0.3 is 10.4 Å². The number of nitrogens with one attached hydrogen (secondary N) is 1. The van der Waals surface area contributed by atoms with Crippen LogP contribution in [-0.4, -0.2) is 15.1 Å². The highest BCUT2D eigenvalue weighted by atomic mass is 32.1. The number of aryl methyl sites for hydroxylation is 1. The predicted octanol–water partition coefficient (Wildman–Crippen LogP) is 4.91. The maximum absolute atomic E-state index is 13.3. The van der Waals surface area contributed by atoms with Crippen LogP contribution in [0.25, 0.3) is 21.5 Å². The Balaban J connectivity index is 1.54. The third-order valence-corrected chi connectivity index (χ3v) is 5.07. The number of hydrogen-bond donors (Lipinski definition) is 2. The molecule has 0 aliphatic carbocycles. The van der Waals surface area contributed by atoms with Gasteiger partial charge in [-0.3, -0.25) is 4.98 Å². The minimum absolute atomic E-state index is 0.298. The van der Waals surface area contributed by atoms with Crippen molar-refractivity contribution in [3.8, 4) is 11.3 Å². The van der Waals surface area contributed by atoms with E-state index in [9.17, 15) is 9.50 Å². The molecule has 2 N–H and O–H groups in total. The van der Waals surface area contributed by atoms with Gasteiger partial charge in [-0.25, -0.2) is 9.37 Å². The third-order valence-electron chi connectivity index (χ3n) is 4.12. The van der Waals surface area contributed by atoms with Crippen molar-refractivity contribution < 1.29 is 9.50 Å². The molecule has 0 aliphatic heterocycles. The second-order valence-corrected chi connectivity index (χ2v) is 7.00. The summed E-state index contributed by atoms with van der Waals surface area (Å²) >= 11 is 1.30. The number of aliphatic hydroxyl groups is 1. The molecule has 0 amide bonds. The number of thiazole rings is 1. The van der Waals surface area contributed by atoms with Gasteiger partial charge in [0.15, 0.2) is 11.4 Å². The van der Waals surface area contributed by atoms with E-state index in [4.69, 9.17) is 0 Å². The van der Waals surface area contributed by atoms with Crippen LogP contribution in [-0.2, 0) is 0 Å². The first kappa shape index (κ1) is 16.6. The van der Waals surface area contributed by atoms with Crippen LogP contribution in [0.4, 0.5) is 9.52 Å². The van der Waals surface area contributed by atoms with Gasteiger partial charge in [-0.05, 0) is 36.8 Å². The smallest absolute Gasteiger partial charge is 0.186 e. The largest absolute Gasteiger partial charge is 0.369 e. The molecule has 0 spiro atoms. The fourth-order valence-corrected chi connectivity index (χ4v) is 3.68. The van der Waals surface area contributed by atoms with E-state index in [-0.39, 0.29) is 5.82 Å². The second kappa shape index (κ2) is 6.82. The van der Waals surface area contributed by atoms with Crippen molar-refractivity contribution in [3.63, 3.8) is 0 Å². The van der Waals surface area contributed by atoms with Gasteiger partial charge in [0, 0.05) is 17.3 Å². The summed E-state index contributed by atoms with van der Waals surface area (Å²) in [6.07, 6.45) is 0.863. The van der Waals surface area contributed by atoms with Gasteiger partial charge in [0.1, 0.15) is 5.82 Å². The maximum atomic E-state index is 13.3. The number of fused-ring (bicyclic) bond motifs is 1. The Bertz CT molecular complexity index is 1060. The van der Waals surface area contributed by atoms with Crippen molar-refractivity contribution in [1.82, 2.24) is 9.97 Å². The first-order valence-electron chi connectivity index (χ1n) is 8.13. The average Bonchev–Trinajstić information content (AvgIpc) is 3.03. The zero-order valence-electron chi connectivity index (χ0n) is 14.0. The van der Waals surface area contributed by atoms with Gasteiger partial charge >= 0.3 is 0 Å². The van der Waals surface area contributed by atoms with E-state index in [0.717, 1.165) is 21.5 Å². The molecule has 26 heavy (non-hydrogen) atoms. The van der Waals surface area contributed by atoms with Crippen molar-refractivity contribution in [2.24, 2.45) is 0 Å². The molecule has 2 aromatic carbocycles. The van der Waals surface area contributed by atoms with Crippen LogP contribution in [0.3, 0.4) is 0 Å². The van der Waals surface area contributed by atoms with E-state index in [1.165, 1.54) is 23.5 Å². The summed E-state index contributed by atoms with van der Waals surface area (Å²) in [5, 5.41) is 13.9. The number of aliphatic hydroxyl groups excluding tert-OH is 1. The van der Waals surface area contributed by atoms with Crippen LogP contribution in [0.1, 0.15) is 17.4 Å². The van der Waals surface area contributed by atoms with E-state index in [2.05, 4.69) is 15.3 Å². The van der Waals surface area contributed by atoms with Crippen LogP contribution in [0.5, 0.6) is 0 Å². The van der Waals surface area contributed by atoms with E-state index >= 15 is 0 Å². The molecule has 4 nitrogen and oxygen atoms in total. The molecule has 6 heteroatoms. The van der Waals surface area contributed by atoms with Crippen molar-refractivity contribution >= 4 is 26.7 Å². The lowest BCUT2D eigenvalue weighted by atomic mass is 10.0. The number of anilines is 1. The summed E-state index contributed by atoms with van der Waals surface area (Å²) in [6.45, 7) is 2.02. The molecular formula is C20H16FN3OS. The molecule has 0 aliphatic rings. The van der Waals surface area contributed by atoms with E-state index in [1.807, 2.05) is 43.3 Å². The van der Waals surface area contributed by atoms with Crippen LogP contribution < -0.4 is 5.32 Å². The molecule has 1 unspecified atom stereocenters. The van der Waals surface area contributed by atoms with Crippen molar-refractivity contribution in [2.45, 2.75) is 13.2 Å². The quantitative estimate of drug-likeness (QED) is 0.505. The van der Waals surface area contributed by atoms with Crippen molar-refractivity contribution in [3.05, 3.63) is 77.7 Å². The molecule has 4 rings (SSSR count). The molecule has 0 saturated carbocycles. The van der Waals surface area contributed by atoms with Gasteiger partial charge in [-0.1, -0.05) is 41.7 Å². The maximum Gasteiger partial charge on any atom is 0.186 e. The molecule has 2 aromatic heterocycles. The molecule has 130 valence electrons. The molecular weight excluding hydrogens is 349 g/mol. The lowest BCUT2D eigenvalue weighted by Gasteiger charge is -2.13. The highest BCUT2D eigenvalue weighted by Crippen LogP contribution is 2.29. The number of hydrogen-bond acceptors (Lipinski definition) is 5. The molecule has 1 atom stereocenters. The average molecular weight is 365 g/mol. The number of aromatic nitrogens is 2. The molecule has 0 radical (unpaired) electrons. The van der Waals surface area contributed by atoms with Gasteiger partial charge in [0.25, 0.3) is 0 Å². The number of nitrogens with zero attached hydrogens (tertiary/aromatic N) is 2. The highest BCUT2D eigenvalue weighted by Gasteiger charge is 2.12. The minimum Gasteiger partial charge on any atom is -0.369 e. The Morgan fingerprint density at radius 2 is 1.92 bits per heavy atom. The van der Waals surface area contributed by atoms with E-state index in [1.54, 1.807) is 12.3 Å². The summed E-state index contributed by atoms with van der Waals surface area (Å²) < 4.78 is 14.0. The summed E-state index contributed by atoms with van der Waals surface area (Å²) in [5.74, 6) is -0.298. The Labute approximate surface area is 154 Å². The minimum atomic E-state index is -0.903. The first-order chi connectivity index (χ1) is 12.6. The van der Waals surface area contributed by atoms with Gasteiger partial charge in [-0.15, -0.1) is 0 Å². The molecule has 0 fully saturated rings. The highest BCUT2D eigenvalue weighted by molar-refractivity contribution is 7.22. The summed E-state index contributed by atoms with van der Waals surface area (Å²) in [5.41, 5.74) is 4.43. The number of benzene rings is 2. The van der Waals surface area contributed by atoms with Gasteiger partial charge in [0.2, 0.25) is 0 Å². The second-order valence-electron chi connectivity index (χ2n) is 5.97. The van der Waals surface area contributed by atoms with Crippen molar-refractivity contribution in [1.29, 1.82) is 0 Å². The predicted molar refractivity (Wildman–Crippen MR) is 103 cm³/mol. The van der Waals surface area contributed by atoms with Gasteiger partial charge in [0.05, 0.1) is 15.9 Å². The number of rotatable bonds is 4. The number of pyridine rings is 1. The Kier molecular flexibility index (Phi) is 4.36. The summed E-state index contributed by atoms with van der Waals surface area (Å²) in [7, 11) is 0. The summed E-state index contributed by atoms with van der Waals surface area (Å²) in [6, 6.07) is 15.9. The summed E-state index contributed by atoms with van der Waals surface area (Å²) in [4.78, 5) is 8.77. The van der Waals surface area contributed by atoms with Crippen LogP contribution in [0, 0.1) is 12.7 Å². The Hall–Kier alpha value is -2.83. The molecule has 0 bridgehead atoms. The first-order valence-corrected chi connectivity index (χ1v) is 8.94. The fourth-order valence-electron chi connectivity index (χ4n) is 2.77. The lowest BCUT2D eigenvalue weighted by molar-refractivity contribution is 0.208.